The highest BCUT2D eigenvalue weighted by molar-refractivity contribution is 5.80. The molecule has 0 saturated carbocycles. The average molecular weight is 289 g/mol. The number of rotatable bonds is 2. The van der Waals surface area contributed by atoms with Gasteiger partial charge in [0.1, 0.15) is 17.0 Å². The maximum Gasteiger partial charge on any atom is 0.145 e. The van der Waals surface area contributed by atoms with E-state index in [0.29, 0.717) is 0 Å². The van der Waals surface area contributed by atoms with E-state index in [1.807, 2.05) is 53.9 Å². The quantitative estimate of drug-likeness (QED) is 0.562. The van der Waals surface area contributed by atoms with E-state index < -0.39 is 0 Å². The molecule has 0 aliphatic carbocycles. The van der Waals surface area contributed by atoms with Crippen LogP contribution < -0.4 is 4.74 Å². The highest BCUT2D eigenvalue weighted by Gasteiger charge is 2.08. The highest BCUT2D eigenvalue weighted by atomic mass is 16.5. The molecule has 0 N–H and O–H groups in total. The maximum absolute atomic E-state index is 5.20. The molecule has 0 aliphatic heterocycles. The molecular formula is C18H15N3O. The van der Waals surface area contributed by atoms with E-state index in [1.165, 1.54) is 0 Å². The van der Waals surface area contributed by atoms with Gasteiger partial charge in [-0.15, -0.1) is 0 Å². The Morgan fingerprint density at radius 3 is 2.45 bits per heavy atom. The van der Waals surface area contributed by atoms with Crippen LogP contribution in [-0.2, 0) is 0 Å². The molecular weight excluding hydrogens is 274 g/mol. The second-order valence-corrected chi connectivity index (χ2v) is 5.28. The molecule has 4 aromatic rings. The van der Waals surface area contributed by atoms with Crippen molar-refractivity contribution in [2.75, 3.05) is 7.11 Å². The molecule has 4 rings (SSSR count). The minimum Gasteiger partial charge on any atom is -0.497 e. The number of hydrogen-bond donors (Lipinski definition) is 0. The van der Waals surface area contributed by atoms with Gasteiger partial charge in [-0.05, 0) is 55.5 Å². The number of imidazole rings is 1. The van der Waals surface area contributed by atoms with Gasteiger partial charge in [0.2, 0.25) is 0 Å². The molecule has 0 atom stereocenters. The lowest BCUT2D eigenvalue weighted by Gasteiger charge is -2.01. The number of fused-ring (bicyclic) bond motifs is 3. The van der Waals surface area contributed by atoms with Crippen molar-refractivity contribution in [3.8, 4) is 17.0 Å². The molecule has 0 saturated heterocycles. The van der Waals surface area contributed by atoms with E-state index >= 15 is 0 Å². The third-order valence-corrected chi connectivity index (χ3v) is 3.80. The Kier molecular flexibility index (Phi) is 2.82. The van der Waals surface area contributed by atoms with Gasteiger partial charge in [-0.25, -0.2) is 9.97 Å². The minimum atomic E-state index is 0.843. The van der Waals surface area contributed by atoms with Crippen LogP contribution in [-0.4, -0.2) is 21.5 Å². The molecule has 0 aliphatic rings. The van der Waals surface area contributed by atoms with Crippen LogP contribution in [0.4, 0.5) is 0 Å². The first-order valence-corrected chi connectivity index (χ1v) is 7.14. The fourth-order valence-corrected chi connectivity index (χ4v) is 2.62. The second-order valence-electron chi connectivity index (χ2n) is 5.28. The van der Waals surface area contributed by atoms with E-state index in [-0.39, 0.29) is 0 Å². The molecule has 0 radical (unpaired) electrons. The van der Waals surface area contributed by atoms with Crippen molar-refractivity contribution in [3.63, 3.8) is 0 Å². The summed E-state index contributed by atoms with van der Waals surface area (Å²) in [4.78, 5) is 9.34. The number of pyridine rings is 2. The first-order valence-electron chi connectivity index (χ1n) is 7.14. The molecule has 108 valence electrons. The first kappa shape index (κ1) is 12.8. The Balaban J connectivity index is 1.92. The van der Waals surface area contributed by atoms with Crippen LogP contribution in [0.25, 0.3) is 27.9 Å². The van der Waals surface area contributed by atoms with E-state index in [2.05, 4.69) is 17.1 Å². The molecule has 3 heterocycles. The zero-order chi connectivity index (χ0) is 15.1. The van der Waals surface area contributed by atoms with Gasteiger partial charge < -0.3 is 4.74 Å². The minimum absolute atomic E-state index is 0.843. The van der Waals surface area contributed by atoms with Gasteiger partial charge in [0.05, 0.1) is 12.8 Å². The molecule has 0 fully saturated rings. The number of benzene rings is 1. The summed E-state index contributed by atoms with van der Waals surface area (Å²) in [7, 11) is 1.67. The highest BCUT2D eigenvalue weighted by Crippen LogP contribution is 2.24. The fourth-order valence-electron chi connectivity index (χ4n) is 2.62. The van der Waals surface area contributed by atoms with Crippen molar-refractivity contribution in [1.82, 2.24) is 14.4 Å². The van der Waals surface area contributed by atoms with E-state index in [0.717, 1.165) is 39.4 Å². The van der Waals surface area contributed by atoms with Crippen LogP contribution >= 0.6 is 0 Å². The summed E-state index contributed by atoms with van der Waals surface area (Å²) in [6, 6.07) is 16.1. The number of nitrogens with zero attached hydrogens (tertiary/aromatic N) is 3. The number of methoxy groups -OCH3 is 1. The molecule has 3 aromatic heterocycles. The van der Waals surface area contributed by atoms with Crippen LogP contribution in [0.3, 0.4) is 0 Å². The van der Waals surface area contributed by atoms with Crippen LogP contribution in [0.15, 0.2) is 54.7 Å². The van der Waals surface area contributed by atoms with Crippen LogP contribution in [0.1, 0.15) is 5.69 Å². The molecule has 22 heavy (non-hydrogen) atoms. The van der Waals surface area contributed by atoms with Crippen molar-refractivity contribution in [2.45, 2.75) is 6.92 Å². The summed E-state index contributed by atoms with van der Waals surface area (Å²) in [5.41, 5.74) is 4.82. The molecule has 4 nitrogen and oxygen atoms in total. The fraction of sp³-hybridized carbons (Fsp3) is 0.111. The van der Waals surface area contributed by atoms with Crippen LogP contribution in [0, 0.1) is 6.92 Å². The average Bonchev–Trinajstić information content (AvgIpc) is 2.99. The predicted octanol–water partition coefficient (Wildman–Crippen LogP) is 3.87. The number of aryl methyl sites for hydroxylation is 1. The van der Waals surface area contributed by atoms with Crippen molar-refractivity contribution in [1.29, 1.82) is 0 Å². The Morgan fingerprint density at radius 1 is 0.909 bits per heavy atom. The number of aromatic nitrogens is 3. The third-order valence-electron chi connectivity index (χ3n) is 3.80. The normalized spacial score (nSPS) is 11.2. The largest absolute Gasteiger partial charge is 0.497 e. The lowest BCUT2D eigenvalue weighted by atomic mass is 10.2. The van der Waals surface area contributed by atoms with Gasteiger partial charge >= 0.3 is 0 Å². The summed E-state index contributed by atoms with van der Waals surface area (Å²) in [5, 5.41) is 1.11. The molecule has 0 spiro atoms. The molecule has 1 aromatic carbocycles. The van der Waals surface area contributed by atoms with Crippen molar-refractivity contribution < 1.29 is 4.74 Å². The van der Waals surface area contributed by atoms with Gasteiger partial charge in [0, 0.05) is 22.8 Å². The lowest BCUT2D eigenvalue weighted by molar-refractivity contribution is 0.415. The lowest BCUT2D eigenvalue weighted by Crippen LogP contribution is -1.91. The monoisotopic (exact) mass is 289 g/mol. The molecule has 4 heteroatoms. The second kappa shape index (κ2) is 4.84. The summed E-state index contributed by atoms with van der Waals surface area (Å²) >= 11 is 0. The summed E-state index contributed by atoms with van der Waals surface area (Å²) < 4.78 is 7.24. The standard InChI is InChI=1S/C18H15N3O/c1-12-3-4-14-7-10-17-20-16(11-21(17)18(14)19-12)13-5-8-15(22-2)9-6-13/h3-11H,1-2H3. The Bertz CT molecular complexity index is 971. The van der Waals surface area contributed by atoms with Crippen LogP contribution in [0.2, 0.25) is 0 Å². The SMILES string of the molecule is COc1ccc(-c2cn3c(ccc4ccc(C)nc43)n2)cc1. The number of ether oxygens (including phenoxy) is 1. The summed E-state index contributed by atoms with van der Waals surface area (Å²) in [5.74, 6) is 0.843. The molecule has 0 bridgehead atoms. The van der Waals surface area contributed by atoms with Crippen LogP contribution in [0.5, 0.6) is 5.75 Å². The van der Waals surface area contributed by atoms with Crippen molar-refractivity contribution in [3.05, 3.63) is 60.4 Å². The Morgan fingerprint density at radius 2 is 1.68 bits per heavy atom. The van der Waals surface area contributed by atoms with E-state index in [4.69, 9.17) is 9.72 Å². The predicted molar refractivity (Wildman–Crippen MR) is 87.2 cm³/mol. The van der Waals surface area contributed by atoms with Gasteiger partial charge in [0.25, 0.3) is 0 Å². The van der Waals surface area contributed by atoms with Crippen molar-refractivity contribution >= 4 is 16.7 Å². The van der Waals surface area contributed by atoms with Gasteiger partial charge in [-0.1, -0.05) is 0 Å². The van der Waals surface area contributed by atoms with Gasteiger partial charge in [-0.3, -0.25) is 4.40 Å². The zero-order valence-corrected chi connectivity index (χ0v) is 12.4. The Labute approximate surface area is 128 Å². The number of hydrogen-bond acceptors (Lipinski definition) is 3. The zero-order valence-electron chi connectivity index (χ0n) is 12.4. The first-order chi connectivity index (χ1) is 10.7. The van der Waals surface area contributed by atoms with Gasteiger partial charge in [0.15, 0.2) is 0 Å². The maximum atomic E-state index is 5.20. The Hall–Kier alpha value is -2.88. The third kappa shape index (κ3) is 2.00. The van der Waals surface area contributed by atoms with Gasteiger partial charge in [-0.2, -0.15) is 0 Å². The molecule has 0 unspecified atom stereocenters. The topological polar surface area (TPSA) is 39.4 Å². The van der Waals surface area contributed by atoms with E-state index in [1.54, 1.807) is 7.11 Å². The summed E-state index contributed by atoms with van der Waals surface area (Å²) in [6.45, 7) is 2.00. The summed E-state index contributed by atoms with van der Waals surface area (Å²) in [6.07, 6.45) is 2.03. The molecule has 0 amide bonds. The van der Waals surface area contributed by atoms with E-state index in [9.17, 15) is 0 Å². The smallest absolute Gasteiger partial charge is 0.145 e. The van der Waals surface area contributed by atoms with Crippen molar-refractivity contribution in [2.24, 2.45) is 0 Å².